The van der Waals surface area contributed by atoms with Crippen molar-refractivity contribution in [3.05, 3.63) is 29.6 Å². The fourth-order valence-electron chi connectivity index (χ4n) is 2.96. The van der Waals surface area contributed by atoms with Crippen molar-refractivity contribution in [3.8, 4) is 0 Å². The summed E-state index contributed by atoms with van der Waals surface area (Å²) in [6.07, 6.45) is 5.56. The Morgan fingerprint density at radius 3 is 3.05 bits per heavy atom. The van der Waals surface area contributed by atoms with Crippen molar-refractivity contribution in [1.29, 1.82) is 0 Å². The van der Waals surface area contributed by atoms with Gasteiger partial charge in [0.25, 0.3) is 5.91 Å². The van der Waals surface area contributed by atoms with Crippen LogP contribution in [0.4, 0.5) is 0 Å². The molecule has 4 nitrogen and oxygen atoms in total. The van der Waals surface area contributed by atoms with Crippen LogP contribution >= 0.6 is 0 Å². The highest BCUT2D eigenvalue weighted by Gasteiger charge is 2.35. The molecule has 2 N–H and O–H groups in total. The molecule has 0 bridgehead atoms. The van der Waals surface area contributed by atoms with E-state index >= 15 is 0 Å². The van der Waals surface area contributed by atoms with Gasteiger partial charge in [0.15, 0.2) is 0 Å². The number of hydrogen-bond donors (Lipinski definition) is 2. The van der Waals surface area contributed by atoms with Gasteiger partial charge in [0, 0.05) is 17.5 Å². The molecule has 1 aliphatic rings. The normalized spacial score (nSPS) is 27.0. The van der Waals surface area contributed by atoms with E-state index < -0.39 is 5.54 Å². The second-order valence-electron chi connectivity index (χ2n) is 5.78. The number of nitrogens with one attached hydrogen (secondary N) is 1. The minimum Gasteiger partial charge on any atom is -0.394 e. The second kappa shape index (κ2) is 5.70. The molecule has 1 fully saturated rings. The van der Waals surface area contributed by atoms with Crippen molar-refractivity contribution in [2.75, 3.05) is 6.61 Å². The highest BCUT2D eigenvalue weighted by Crippen LogP contribution is 2.32. The molecule has 0 saturated heterocycles. The number of carbonyl (C=O) groups is 1. The minimum atomic E-state index is -0.452. The molecule has 1 aliphatic carbocycles. The van der Waals surface area contributed by atoms with Gasteiger partial charge in [-0.25, -0.2) is 0 Å². The van der Waals surface area contributed by atoms with E-state index in [2.05, 4.69) is 17.2 Å². The molecule has 0 aromatic carbocycles. The zero-order chi connectivity index (χ0) is 13.9. The first-order valence-corrected chi connectivity index (χ1v) is 6.91. The summed E-state index contributed by atoms with van der Waals surface area (Å²) >= 11 is 0. The Kier molecular flexibility index (Phi) is 4.20. The summed E-state index contributed by atoms with van der Waals surface area (Å²) in [7, 11) is 0. The summed E-state index contributed by atoms with van der Waals surface area (Å²) in [5, 5.41) is 12.7. The van der Waals surface area contributed by atoms with E-state index in [0.29, 0.717) is 11.5 Å². The van der Waals surface area contributed by atoms with Crippen molar-refractivity contribution < 1.29 is 9.90 Å². The number of pyridine rings is 1. The Balaban J connectivity index is 2.12. The van der Waals surface area contributed by atoms with Crippen LogP contribution in [0.25, 0.3) is 0 Å². The van der Waals surface area contributed by atoms with Crippen molar-refractivity contribution in [2.24, 2.45) is 5.92 Å². The van der Waals surface area contributed by atoms with Gasteiger partial charge in [-0.1, -0.05) is 19.8 Å². The molecule has 19 heavy (non-hydrogen) atoms. The van der Waals surface area contributed by atoms with Gasteiger partial charge in [0.05, 0.1) is 12.1 Å². The van der Waals surface area contributed by atoms with Crippen LogP contribution in [0.1, 0.15) is 48.7 Å². The van der Waals surface area contributed by atoms with Crippen LogP contribution in [0.2, 0.25) is 0 Å². The maximum Gasteiger partial charge on any atom is 0.251 e. The number of nitrogens with zero attached hydrogens (tertiary/aromatic N) is 1. The minimum absolute atomic E-state index is 0.00709. The first-order valence-electron chi connectivity index (χ1n) is 6.91. The number of aliphatic hydroxyl groups excluding tert-OH is 1. The topological polar surface area (TPSA) is 62.2 Å². The number of carbonyl (C=O) groups excluding carboxylic acids is 1. The third kappa shape index (κ3) is 3.32. The molecule has 2 unspecified atom stereocenters. The smallest absolute Gasteiger partial charge is 0.251 e. The summed E-state index contributed by atoms with van der Waals surface area (Å²) in [5.74, 6) is 0.425. The lowest BCUT2D eigenvalue weighted by atomic mass is 9.76. The summed E-state index contributed by atoms with van der Waals surface area (Å²) < 4.78 is 0. The van der Waals surface area contributed by atoms with Gasteiger partial charge in [-0.15, -0.1) is 0 Å². The van der Waals surface area contributed by atoms with Gasteiger partial charge >= 0.3 is 0 Å². The molecule has 0 spiro atoms. The van der Waals surface area contributed by atoms with E-state index in [-0.39, 0.29) is 12.5 Å². The average molecular weight is 262 g/mol. The van der Waals surface area contributed by atoms with Crippen LogP contribution in [0.15, 0.2) is 18.3 Å². The molecule has 0 aliphatic heterocycles. The van der Waals surface area contributed by atoms with E-state index in [0.717, 1.165) is 25.0 Å². The van der Waals surface area contributed by atoms with Gasteiger partial charge in [0.1, 0.15) is 0 Å². The quantitative estimate of drug-likeness (QED) is 0.876. The number of rotatable bonds is 3. The number of aromatic nitrogens is 1. The van der Waals surface area contributed by atoms with Gasteiger partial charge < -0.3 is 10.4 Å². The van der Waals surface area contributed by atoms with Crippen LogP contribution in [0, 0.1) is 12.8 Å². The Labute approximate surface area is 114 Å². The van der Waals surface area contributed by atoms with E-state index in [4.69, 9.17) is 0 Å². The summed E-state index contributed by atoms with van der Waals surface area (Å²) in [6.45, 7) is 4.04. The summed E-state index contributed by atoms with van der Waals surface area (Å²) in [6, 6.07) is 3.48. The van der Waals surface area contributed by atoms with E-state index in [1.807, 2.05) is 6.92 Å². The molecule has 2 atom stereocenters. The van der Waals surface area contributed by atoms with Crippen molar-refractivity contribution in [2.45, 2.75) is 45.1 Å². The number of aryl methyl sites for hydroxylation is 1. The van der Waals surface area contributed by atoms with Crippen molar-refractivity contribution in [1.82, 2.24) is 10.3 Å². The monoisotopic (exact) mass is 262 g/mol. The van der Waals surface area contributed by atoms with Gasteiger partial charge in [-0.3, -0.25) is 9.78 Å². The molecule has 1 aromatic heterocycles. The van der Waals surface area contributed by atoms with Gasteiger partial charge in [0.2, 0.25) is 0 Å². The first-order chi connectivity index (χ1) is 9.04. The molecule has 104 valence electrons. The SMILES string of the molecule is Cc1cc(C(=O)NC2(CO)CCCC(C)C2)ccn1. The summed E-state index contributed by atoms with van der Waals surface area (Å²) in [4.78, 5) is 16.4. The standard InChI is InChI=1S/C15H22N2O2/c1-11-4-3-6-15(9-11,10-18)17-14(19)13-5-7-16-12(2)8-13/h5,7-8,11,18H,3-4,6,9-10H2,1-2H3,(H,17,19). The Hall–Kier alpha value is -1.42. The predicted octanol–water partition coefficient (Wildman–Crippen LogP) is 2.06. The highest BCUT2D eigenvalue weighted by atomic mass is 16.3. The number of aliphatic hydroxyl groups is 1. The largest absolute Gasteiger partial charge is 0.394 e. The Morgan fingerprint density at radius 1 is 1.63 bits per heavy atom. The number of hydrogen-bond acceptors (Lipinski definition) is 3. The lowest BCUT2D eigenvalue weighted by Crippen LogP contribution is -2.53. The first kappa shape index (κ1) is 14.0. The van der Waals surface area contributed by atoms with E-state index in [1.165, 1.54) is 6.42 Å². The molecule has 1 amide bonds. The molecule has 4 heteroatoms. The Morgan fingerprint density at radius 2 is 2.42 bits per heavy atom. The zero-order valence-corrected chi connectivity index (χ0v) is 11.6. The molecular formula is C15H22N2O2. The van der Waals surface area contributed by atoms with Gasteiger partial charge in [-0.2, -0.15) is 0 Å². The molecule has 0 radical (unpaired) electrons. The van der Waals surface area contributed by atoms with E-state index in [9.17, 15) is 9.90 Å². The fourth-order valence-corrected chi connectivity index (χ4v) is 2.96. The predicted molar refractivity (Wildman–Crippen MR) is 73.9 cm³/mol. The van der Waals surface area contributed by atoms with Crippen molar-refractivity contribution in [3.63, 3.8) is 0 Å². The average Bonchev–Trinajstić information content (AvgIpc) is 2.38. The van der Waals surface area contributed by atoms with Crippen molar-refractivity contribution >= 4 is 5.91 Å². The van der Waals surface area contributed by atoms with Gasteiger partial charge in [-0.05, 0) is 37.8 Å². The lowest BCUT2D eigenvalue weighted by molar-refractivity contribution is 0.0697. The third-order valence-corrected chi connectivity index (χ3v) is 3.93. The Bertz CT molecular complexity index is 461. The maximum atomic E-state index is 12.3. The molecule has 1 aromatic rings. The van der Waals surface area contributed by atoms with Crippen LogP contribution in [-0.2, 0) is 0 Å². The molecular weight excluding hydrogens is 240 g/mol. The van der Waals surface area contributed by atoms with Crippen LogP contribution in [0.5, 0.6) is 0 Å². The zero-order valence-electron chi connectivity index (χ0n) is 11.6. The maximum absolute atomic E-state index is 12.3. The second-order valence-corrected chi connectivity index (χ2v) is 5.78. The molecule has 1 heterocycles. The fraction of sp³-hybridized carbons (Fsp3) is 0.600. The number of amides is 1. The summed E-state index contributed by atoms with van der Waals surface area (Å²) in [5.41, 5.74) is 0.979. The van der Waals surface area contributed by atoms with Crippen LogP contribution in [0.3, 0.4) is 0 Å². The molecule has 1 saturated carbocycles. The van der Waals surface area contributed by atoms with Crippen LogP contribution < -0.4 is 5.32 Å². The highest BCUT2D eigenvalue weighted by molar-refractivity contribution is 5.94. The lowest BCUT2D eigenvalue weighted by Gasteiger charge is -2.39. The van der Waals surface area contributed by atoms with E-state index in [1.54, 1.807) is 18.3 Å². The van der Waals surface area contributed by atoms with Crippen LogP contribution in [-0.4, -0.2) is 28.1 Å². The third-order valence-electron chi connectivity index (χ3n) is 3.93. The molecule has 2 rings (SSSR count).